The van der Waals surface area contributed by atoms with Crippen LogP contribution >= 0.6 is 11.6 Å². The molecule has 1 aromatic carbocycles. The largest absolute Gasteiger partial charge is 0.381 e. The first kappa shape index (κ1) is 12.9. The molecule has 0 amide bonds. The Morgan fingerprint density at radius 2 is 2.37 bits per heavy atom. The number of rotatable bonds is 4. The maximum atomic E-state index is 6.03. The lowest BCUT2D eigenvalue weighted by molar-refractivity contribution is 0.183. The number of halogens is 1. The Balaban J connectivity index is 1.88. The van der Waals surface area contributed by atoms with Gasteiger partial charge in [-0.15, -0.1) is 11.6 Å². The third kappa shape index (κ3) is 2.63. The van der Waals surface area contributed by atoms with Gasteiger partial charge >= 0.3 is 0 Å². The Hall–Kier alpha value is -1.06. The molecule has 19 heavy (non-hydrogen) atoms. The molecule has 0 saturated carbocycles. The van der Waals surface area contributed by atoms with Crippen molar-refractivity contribution in [2.45, 2.75) is 32.2 Å². The first-order chi connectivity index (χ1) is 9.28. The molecule has 2 aromatic rings. The summed E-state index contributed by atoms with van der Waals surface area (Å²) < 4.78 is 7.71. The summed E-state index contributed by atoms with van der Waals surface area (Å²) in [5, 5.41) is 0. The van der Waals surface area contributed by atoms with E-state index >= 15 is 0 Å². The third-order valence-corrected chi connectivity index (χ3v) is 4.13. The minimum atomic E-state index is 0.467. The number of ether oxygens (including phenoxy) is 1. The Morgan fingerprint density at radius 1 is 1.47 bits per heavy atom. The zero-order valence-corrected chi connectivity index (χ0v) is 12.0. The summed E-state index contributed by atoms with van der Waals surface area (Å²) in [6.07, 6.45) is 2.32. The van der Waals surface area contributed by atoms with Gasteiger partial charge in [0.05, 0.1) is 16.9 Å². The minimum Gasteiger partial charge on any atom is -0.381 e. The van der Waals surface area contributed by atoms with E-state index in [-0.39, 0.29) is 0 Å². The van der Waals surface area contributed by atoms with Crippen LogP contribution in [-0.2, 0) is 17.2 Å². The first-order valence-corrected chi connectivity index (χ1v) is 7.41. The zero-order valence-electron chi connectivity index (χ0n) is 11.2. The SMILES string of the molecule is Cc1ccc2nc(CCl)n(CCC3CCOC3)c2c1. The van der Waals surface area contributed by atoms with Crippen LogP contribution in [0.5, 0.6) is 0 Å². The summed E-state index contributed by atoms with van der Waals surface area (Å²) in [5.41, 5.74) is 3.51. The molecule has 1 atom stereocenters. The van der Waals surface area contributed by atoms with Crippen molar-refractivity contribution in [2.24, 2.45) is 5.92 Å². The fourth-order valence-electron chi connectivity index (χ4n) is 2.76. The van der Waals surface area contributed by atoms with Crippen LogP contribution < -0.4 is 0 Å². The second-order valence-electron chi connectivity index (χ2n) is 5.32. The second kappa shape index (κ2) is 5.51. The molecule has 0 N–H and O–H groups in total. The number of alkyl halides is 1. The minimum absolute atomic E-state index is 0.467. The summed E-state index contributed by atoms with van der Waals surface area (Å²) in [6.45, 7) is 4.91. The molecule has 3 nitrogen and oxygen atoms in total. The van der Waals surface area contributed by atoms with Crippen molar-refractivity contribution in [1.82, 2.24) is 9.55 Å². The van der Waals surface area contributed by atoms with Gasteiger partial charge < -0.3 is 9.30 Å². The van der Waals surface area contributed by atoms with Gasteiger partial charge in [0.15, 0.2) is 0 Å². The molecule has 1 aliphatic rings. The van der Waals surface area contributed by atoms with Gasteiger partial charge in [-0.3, -0.25) is 0 Å². The molecule has 102 valence electrons. The van der Waals surface area contributed by atoms with Crippen molar-refractivity contribution < 1.29 is 4.74 Å². The summed E-state index contributed by atoms with van der Waals surface area (Å²) in [7, 11) is 0. The van der Waals surface area contributed by atoms with Gasteiger partial charge in [0.1, 0.15) is 5.82 Å². The number of hydrogen-bond acceptors (Lipinski definition) is 2. The Labute approximate surface area is 118 Å². The fourth-order valence-corrected chi connectivity index (χ4v) is 2.96. The van der Waals surface area contributed by atoms with Gasteiger partial charge in [-0.05, 0) is 43.4 Å². The van der Waals surface area contributed by atoms with E-state index in [4.69, 9.17) is 16.3 Å². The van der Waals surface area contributed by atoms with Gasteiger partial charge in [-0.1, -0.05) is 6.07 Å². The van der Waals surface area contributed by atoms with E-state index in [1.807, 2.05) is 0 Å². The standard InChI is InChI=1S/C15H19ClN2O/c1-11-2-3-13-14(8-11)18(15(9-16)17-13)6-4-12-5-7-19-10-12/h2-3,8,12H,4-7,9-10H2,1H3. The predicted molar refractivity (Wildman–Crippen MR) is 77.6 cm³/mol. The lowest BCUT2D eigenvalue weighted by Crippen LogP contribution is -2.08. The smallest absolute Gasteiger partial charge is 0.124 e. The van der Waals surface area contributed by atoms with E-state index in [1.165, 1.54) is 17.5 Å². The molecular weight excluding hydrogens is 260 g/mol. The quantitative estimate of drug-likeness (QED) is 0.800. The second-order valence-corrected chi connectivity index (χ2v) is 5.59. The van der Waals surface area contributed by atoms with Gasteiger partial charge in [-0.25, -0.2) is 4.98 Å². The topological polar surface area (TPSA) is 27.1 Å². The van der Waals surface area contributed by atoms with E-state index in [0.29, 0.717) is 11.8 Å². The van der Waals surface area contributed by atoms with Crippen molar-refractivity contribution in [3.05, 3.63) is 29.6 Å². The molecule has 1 saturated heterocycles. The highest BCUT2D eigenvalue weighted by atomic mass is 35.5. The van der Waals surface area contributed by atoms with Crippen LogP contribution in [0.15, 0.2) is 18.2 Å². The molecule has 0 radical (unpaired) electrons. The monoisotopic (exact) mass is 278 g/mol. The van der Waals surface area contributed by atoms with Gasteiger partial charge in [-0.2, -0.15) is 0 Å². The van der Waals surface area contributed by atoms with Crippen LogP contribution in [0, 0.1) is 12.8 Å². The molecular formula is C15H19ClN2O. The number of hydrogen-bond donors (Lipinski definition) is 0. The molecule has 0 spiro atoms. The Morgan fingerprint density at radius 3 is 3.11 bits per heavy atom. The number of benzene rings is 1. The number of aromatic nitrogens is 2. The maximum absolute atomic E-state index is 6.03. The number of aryl methyl sites for hydroxylation is 2. The predicted octanol–water partition coefficient (Wildman–Crippen LogP) is 3.51. The molecule has 3 rings (SSSR count). The summed E-state index contributed by atoms with van der Waals surface area (Å²) in [5.74, 6) is 2.13. The zero-order chi connectivity index (χ0) is 13.2. The highest BCUT2D eigenvalue weighted by Crippen LogP contribution is 2.22. The van der Waals surface area contributed by atoms with E-state index in [2.05, 4.69) is 34.7 Å². The summed E-state index contributed by atoms with van der Waals surface area (Å²) in [6, 6.07) is 6.38. The molecule has 1 aromatic heterocycles. The molecule has 0 aliphatic carbocycles. The van der Waals surface area contributed by atoms with Gasteiger partial charge in [0, 0.05) is 19.8 Å². The lowest BCUT2D eigenvalue weighted by atomic mass is 10.1. The average molecular weight is 279 g/mol. The molecule has 2 heterocycles. The summed E-state index contributed by atoms with van der Waals surface area (Å²) in [4.78, 5) is 4.62. The normalized spacial score (nSPS) is 19.4. The van der Waals surface area contributed by atoms with Crippen LogP contribution in [0.2, 0.25) is 0 Å². The van der Waals surface area contributed by atoms with E-state index in [9.17, 15) is 0 Å². The molecule has 1 unspecified atom stereocenters. The Bertz CT molecular complexity index is 573. The maximum Gasteiger partial charge on any atom is 0.124 e. The van der Waals surface area contributed by atoms with E-state index in [0.717, 1.165) is 37.5 Å². The van der Waals surface area contributed by atoms with Gasteiger partial charge in [0.25, 0.3) is 0 Å². The van der Waals surface area contributed by atoms with Crippen LogP contribution in [-0.4, -0.2) is 22.8 Å². The van der Waals surface area contributed by atoms with Crippen molar-refractivity contribution >= 4 is 22.6 Å². The van der Waals surface area contributed by atoms with Crippen LogP contribution in [0.4, 0.5) is 0 Å². The molecule has 0 bridgehead atoms. The fraction of sp³-hybridized carbons (Fsp3) is 0.533. The number of nitrogens with zero attached hydrogens (tertiary/aromatic N) is 2. The molecule has 1 fully saturated rings. The Kier molecular flexibility index (Phi) is 3.76. The van der Waals surface area contributed by atoms with Gasteiger partial charge in [0.2, 0.25) is 0 Å². The van der Waals surface area contributed by atoms with Crippen molar-refractivity contribution in [2.75, 3.05) is 13.2 Å². The van der Waals surface area contributed by atoms with Crippen LogP contribution in [0.25, 0.3) is 11.0 Å². The van der Waals surface area contributed by atoms with Crippen LogP contribution in [0.1, 0.15) is 24.2 Å². The van der Waals surface area contributed by atoms with Crippen LogP contribution in [0.3, 0.4) is 0 Å². The molecule has 4 heteroatoms. The van der Waals surface area contributed by atoms with Crippen molar-refractivity contribution in [3.8, 4) is 0 Å². The first-order valence-electron chi connectivity index (χ1n) is 6.87. The summed E-state index contributed by atoms with van der Waals surface area (Å²) >= 11 is 6.03. The number of fused-ring (bicyclic) bond motifs is 1. The van der Waals surface area contributed by atoms with E-state index in [1.54, 1.807) is 0 Å². The van der Waals surface area contributed by atoms with Crippen molar-refractivity contribution in [1.29, 1.82) is 0 Å². The third-order valence-electron chi connectivity index (χ3n) is 3.89. The lowest BCUT2D eigenvalue weighted by Gasteiger charge is -2.11. The number of imidazole rings is 1. The molecule has 1 aliphatic heterocycles. The van der Waals surface area contributed by atoms with E-state index < -0.39 is 0 Å². The highest BCUT2D eigenvalue weighted by Gasteiger charge is 2.17. The average Bonchev–Trinajstić information content (AvgIpc) is 3.03. The van der Waals surface area contributed by atoms with Crippen molar-refractivity contribution in [3.63, 3.8) is 0 Å². The highest BCUT2D eigenvalue weighted by molar-refractivity contribution is 6.16.